The summed E-state index contributed by atoms with van der Waals surface area (Å²) in [4.78, 5) is 25.4. The quantitative estimate of drug-likeness (QED) is 0.411. The largest absolute Gasteiger partial charge is 0.459 e. The molecule has 0 aliphatic rings. The van der Waals surface area contributed by atoms with Gasteiger partial charge in [0.25, 0.3) is 0 Å². The maximum Gasteiger partial charge on any atom is 0.329 e. The van der Waals surface area contributed by atoms with Crippen LogP contribution in [0.1, 0.15) is 40.2 Å². The molecule has 2 aromatic heterocycles. The molecule has 0 aliphatic carbocycles. The van der Waals surface area contributed by atoms with E-state index in [1.807, 2.05) is 84.0 Å². The number of imidazole rings is 1. The summed E-state index contributed by atoms with van der Waals surface area (Å²) < 4.78 is 10.5. The highest BCUT2D eigenvalue weighted by atomic mass is 16.6. The molecule has 184 valence electrons. The molecule has 0 saturated heterocycles. The van der Waals surface area contributed by atoms with Crippen molar-refractivity contribution < 1.29 is 9.53 Å². The van der Waals surface area contributed by atoms with Crippen LogP contribution in [0.3, 0.4) is 0 Å². The third-order valence-corrected chi connectivity index (χ3v) is 5.92. The fraction of sp³-hybridized carbons (Fsp3) is 0.370. The van der Waals surface area contributed by atoms with Crippen LogP contribution in [0.4, 0.5) is 5.82 Å². The number of esters is 1. The standard InChI is InChI=1S/C27H33N5O3/c1-7-30-20-13-12-18(15-21(20)31(8-2)26(30)34)23-24(19-11-9-10-17(3)14-19)29-32(25(23)28)16-22(33)35-27(4,5)6/h9-15H,7-8,16,28H2,1-6H3. The number of aromatic nitrogens is 4. The van der Waals surface area contributed by atoms with Gasteiger partial charge in [-0.15, -0.1) is 0 Å². The fourth-order valence-electron chi connectivity index (χ4n) is 4.46. The maximum absolute atomic E-state index is 12.9. The highest BCUT2D eigenvalue weighted by Gasteiger charge is 2.24. The van der Waals surface area contributed by atoms with Crippen LogP contribution in [0, 0.1) is 6.92 Å². The van der Waals surface area contributed by atoms with E-state index in [0.29, 0.717) is 24.6 Å². The van der Waals surface area contributed by atoms with Crippen molar-refractivity contribution in [2.45, 2.75) is 66.8 Å². The van der Waals surface area contributed by atoms with E-state index in [4.69, 9.17) is 15.6 Å². The smallest absolute Gasteiger partial charge is 0.329 e. The van der Waals surface area contributed by atoms with Crippen molar-refractivity contribution in [3.8, 4) is 22.4 Å². The van der Waals surface area contributed by atoms with Gasteiger partial charge in [-0.05, 0) is 65.3 Å². The Hall–Kier alpha value is -3.81. The van der Waals surface area contributed by atoms with E-state index in [1.165, 1.54) is 4.68 Å². The van der Waals surface area contributed by atoms with E-state index >= 15 is 0 Å². The molecule has 0 atom stereocenters. The molecule has 4 aromatic rings. The average molecular weight is 476 g/mol. The van der Waals surface area contributed by atoms with Crippen molar-refractivity contribution in [2.75, 3.05) is 5.73 Å². The molecule has 2 aromatic carbocycles. The van der Waals surface area contributed by atoms with Crippen LogP contribution in [-0.2, 0) is 29.2 Å². The summed E-state index contributed by atoms with van der Waals surface area (Å²) in [6.07, 6.45) is 0. The van der Waals surface area contributed by atoms with Crippen molar-refractivity contribution in [3.05, 3.63) is 58.5 Å². The van der Waals surface area contributed by atoms with Crippen LogP contribution >= 0.6 is 0 Å². The number of anilines is 1. The van der Waals surface area contributed by atoms with E-state index in [9.17, 15) is 9.59 Å². The first-order valence-corrected chi connectivity index (χ1v) is 11.9. The molecule has 8 nitrogen and oxygen atoms in total. The predicted octanol–water partition coefficient (Wildman–Crippen LogP) is 4.61. The first kappa shape index (κ1) is 24.3. The molecule has 8 heteroatoms. The van der Waals surface area contributed by atoms with Crippen molar-refractivity contribution in [3.63, 3.8) is 0 Å². The number of nitrogens with two attached hydrogens (primary N) is 1. The average Bonchev–Trinajstić information content (AvgIpc) is 3.24. The van der Waals surface area contributed by atoms with Gasteiger partial charge in [0.2, 0.25) is 0 Å². The summed E-state index contributed by atoms with van der Waals surface area (Å²) in [6, 6.07) is 13.9. The maximum atomic E-state index is 12.9. The Labute approximate surface area is 204 Å². The number of fused-ring (bicyclic) bond motifs is 1. The third kappa shape index (κ3) is 4.60. The molecule has 0 unspecified atom stereocenters. The minimum Gasteiger partial charge on any atom is -0.459 e. The van der Waals surface area contributed by atoms with E-state index < -0.39 is 11.6 Å². The molecule has 4 rings (SSSR count). The summed E-state index contributed by atoms with van der Waals surface area (Å²) in [6.45, 7) is 12.5. The number of hydrogen-bond acceptors (Lipinski definition) is 5. The number of nitrogens with zero attached hydrogens (tertiary/aromatic N) is 4. The highest BCUT2D eigenvalue weighted by Crippen LogP contribution is 2.38. The van der Waals surface area contributed by atoms with Gasteiger partial charge in [-0.2, -0.15) is 5.10 Å². The topological polar surface area (TPSA) is 97.1 Å². The third-order valence-electron chi connectivity index (χ3n) is 5.92. The zero-order chi connectivity index (χ0) is 25.5. The van der Waals surface area contributed by atoms with Crippen LogP contribution in [0.15, 0.2) is 47.3 Å². The first-order valence-electron chi connectivity index (χ1n) is 11.9. The summed E-state index contributed by atoms with van der Waals surface area (Å²) in [5.41, 5.74) is 11.9. The zero-order valence-electron chi connectivity index (χ0n) is 21.3. The minimum atomic E-state index is -0.609. The lowest BCUT2D eigenvalue weighted by Gasteiger charge is -2.19. The molecule has 35 heavy (non-hydrogen) atoms. The molecule has 0 aliphatic heterocycles. The lowest BCUT2D eigenvalue weighted by Crippen LogP contribution is -2.27. The highest BCUT2D eigenvalue weighted by molar-refractivity contribution is 5.92. The second kappa shape index (κ2) is 9.09. The lowest BCUT2D eigenvalue weighted by atomic mass is 9.99. The summed E-state index contributed by atoms with van der Waals surface area (Å²) >= 11 is 0. The molecule has 0 fully saturated rings. The van der Waals surface area contributed by atoms with Crippen LogP contribution in [-0.4, -0.2) is 30.5 Å². The Kier molecular flexibility index (Phi) is 6.32. The molecule has 0 radical (unpaired) electrons. The Balaban J connectivity index is 1.92. The molecule has 2 heterocycles. The normalized spacial score (nSPS) is 11.8. The minimum absolute atomic E-state index is 0.0327. The summed E-state index contributed by atoms with van der Waals surface area (Å²) in [5, 5.41) is 4.75. The van der Waals surface area contributed by atoms with Crippen molar-refractivity contribution in [1.29, 1.82) is 0 Å². The van der Waals surface area contributed by atoms with Gasteiger partial charge in [0, 0.05) is 18.7 Å². The molecular formula is C27H33N5O3. The lowest BCUT2D eigenvalue weighted by molar-refractivity contribution is -0.155. The van der Waals surface area contributed by atoms with Crippen molar-refractivity contribution >= 4 is 22.8 Å². The number of hydrogen-bond donors (Lipinski definition) is 1. The molecule has 0 amide bonds. The zero-order valence-corrected chi connectivity index (χ0v) is 21.3. The number of carbonyl (C=O) groups is 1. The SMILES string of the molecule is CCn1c(=O)n(CC)c2cc(-c3c(-c4cccc(C)c4)nn(CC(=O)OC(C)(C)C)c3N)ccc21. The number of benzene rings is 2. The predicted molar refractivity (Wildman–Crippen MR) is 139 cm³/mol. The fourth-order valence-corrected chi connectivity index (χ4v) is 4.46. The van der Waals surface area contributed by atoms with Gasteiger partial charge >= 0.3 is 11.7 Å². The van der Waals surface area contributed by atoms with E-state index in [2.05, 4.69) is 0 Å². The van der Waals surface area contributed by atoms with Crippen LogP contribution in [0.25, 0.3) is 33.4 Å². The molecular weight excluding hydrogens is 442 g/mol. The molecule has 0 bridgehead atoms. The van der Waals surface area contributed by atoms with Gasteiger partial charge in [-0.1, -0.05) is 29.8 Å². The van der Waals surface area contributed by atoms with Crippen molar-refractivity contribution in [2.24, 2.45) is 0 Å². The van der Waals surface area contributed by atoms with E-state index in [-0.39, 0.29) is 12.2 Å². The molecule has 0 saturated carbocycles. The monoisotopic (exact) mass is 475 g/mol. The van der Waals surface area contributed by atoms with Gasteiger partial charge in [-0.3, -0.25) is 13.9 Å². The number of rotatable bonds is 6. The number of carbonyl (C=O) groups excluding carboxylic acids is 1. The van der Waals surface area contributed by atoms with E-state index in [1.54, 1.807) is 9.13 Å². The van der Waals surface area contributed by atoms with Crippen LogP contribution < -0.4 is 11.4 Å². The van der Waals surface area contributed by atoms with Gasteiger partial charge in [0.1, 0.15) is 23.7 Å². The second-order valence-electron chi connectivity index (χ2n) is 9.70. The second-order valence-corrected chi connectivity index (χ2v) is 9.70. The Morgan fingerprint density at radius 2 is 1.69 bits per heavy atom. The first-order chi connectivity index (χ1) is 16.5. The molecule has 0 spiro atoms. The van der Waals surface area contributed by atoms with E-state index in [0.717, 1.165) is 33.3 Å². The number of ether oxygens (including phenoxy) is 1. The van der Waals surface area contributed by atoms with Crippen LogP contribution in [0.2, 0.25) is 0 Å². The van der Waals surface area contributed by atoms with Gasteiger partial charge in [-0.25, -0.2) is 9.48 Å². The number of nitrogen functional groups attached to an aromatic ring is 1. The van der Waals surface area contributed by atoms with Gasteiger partial charge < -0.3 is 10.5 Å². The van der Waals surface area contributed by atoms with Crippen LogP contribution in [0.5, 0.6) is 0 Å². The van der Waals surface area contributed by atoms with Crippen molar-refractivity contribution in [1.82, 2.24) is 18.9 Å². The Morgan fingerprint density at radius 3 is 2.31 bits per heavy atom. The van der Waals surface area contributed by atoms with Gasteiger partial charge in [0.15, 0.2) is 0 Å². The summed E-state index contributed by atoms with van der Waals surface area (Å²) in [5.74, 6) is -0.0450. The summed E-state index contributed by atoms with van der Waals surface area (Å²) in [7, 11) is 0. The molecule has 2 N–H and O–H groups in total. The Bertz CT molecular complexity index is 1470. The Morgan fingerprint density at radius 1 is 1.00 bits per heavy atom. The number of aryl methyl sites for hydroxylation is 3. The van der Waals surface area contributed by atoms with Gasteiger partial charge in [0.05, 0.1) is 16.6 Å².